The summed E-state index contributed by atoms with van der Waals surface area (Å²) in [4.78, 5) is 19.5. The minimum Gasteiger partial charge on any atom is -0.508 e. The number of nitrogens with zero attached hydrogens (tertiary/aromatic N) is 2. The molecule has 2 aliphatic heterocycles. The maximum Gasteiger partial charge on any atom is 0.286 e. The first-order valence-electron chi connectivity index (χ1n) is 13.4. The van der Waals surface area contributed by atoms with Crippen LogP contribution in [0.1, 0.15) is 49.7 Å². The van der Waals surface area contributed by atoms with E-state index in [0.717, 1.165) is 66.8 Å². The van der Waals surface area contributed by atoms with E-state index in [-0.39, 0.29) is 17.1 Å². The van der Waals surface area contributed by atoms with Gasteiger partial charge in [-0.1, -0.05) is 12.1 Å². The van der Waals surface area contributed by atoms with Crippen molar-refractivity contribution in [3.63, 3.8) is 0 Å². The van der Waals surface area contributed by atoms with Gasteiger partial charge in [0.25, 0.3) is 5.91 Å². The smallest absolute Gasteiger partial charge is 0.286 e. The van der Waals surface area contributed by atoms with E-state index >= 15 is 4.39 Å². The molecule has 2 aromatic rings. The Balaban J connectivity index is 1.19. The van der Waals surface area contributed by atoms with E-state index in [1.807, 2.05) is 12.1 Å². The molecule has 192 valence electrons. The van der Waals surface area contributed by atoms with Crippen LogP contribution in [0.3, 0.4) is 0 Å². The van der Waals surface area contributed by atoms with Gasteiger partial charge in [-0.25, -0.2) is 4.39 Å². The maximum atomic E-state index is 15.1. The fourth-order valence-corrected chi connectivity index (χ4v) is 8.83. The molecule has 8 rings (SSSR count). The molecule has 7 heteroatoms. The lowest BCUT2D eigenvalue weighted by Crippen LogP contribution is -2.48. The van der Waals surface area contributed by atoms with Crippen molar-refractivity contribution in [1.82, 2.24) is 4.90 Å². The van der Waals surface area contributed by atoms with Gasteiger partial charge in [-0.05, 0) is 115 Å². The molecule has 4 saturated carbocycles. The van der Waals surface area contributed by atoms with Crippen molar-refractivity contribution in [2.75, 3.05) is 26.3 Å². The van der Waals surface area contributed by atoms with E-state index < -0.39 is 0 Å². The normalized spacial score (nSPS) is 31.9. The number of rotatable bonds is 3. The van der Waals surface area contributed by atoms with Gasteiger partial charge < -0.3 is 14.7 Å². The zero-order valence-corrected chi connectivity index (χ0v) is 21.6. The molecule has 5 nitrogen and oxygen atoms in total. The molecule has 6 aliphatic rings. The van der Waals surface area contributed by atoms with Crippen LogP contribution in [-0.2, 0) is 14.9 Å². The number of ether oxygens (including phenoxy) is 1. The molecule has 0 aromatic heterocycles. The third-order valence-corrected chi connectivity index (χ3v) is 10.1. The van der Waals surface area contributed by atoms with Crippen molar-refractivity contribution in [2.45, 2.75) is 43.9 Å². The number of hydrogen-bond acceptors (Lipinski definition) is 5. The van der Waals surface area contributed by atoms with Crippen LogP contribution in [0.25, 0.3) is 17.2 Å². The highest BCUT2D eigenvalue weighted by Gasteiger charge is 2.52. The Kier molecular flexibility index (Phi) is 5.70. The predicted molar refractivity (Wildman–Crippen MR) is 144 cm³/mol. The third kappa shape index (κ3) is 4.20. The number of phenolic OH excluding ortho intramolecular Hbond substituents is 1. The van der Waals surface area contributed by atoms with Gasteiger partial charge in [0.05, 0.1) is 18.1 Å². The molecule has 0 atom stereocenters. The Morgan fingerprint density at radius 2 is 1.73 bits per heavy atom. The van der Waals surface area contributed by atoms with Crippen molar-refractivity contribution in [3.8, 4) is 16.9 Å². The number of thioether (sulfide) groups is 1. The topological polar surface area (TPSA) is 62.1 Å². The molecule has 1 saturated heterocycles. The van der Waals surface area contributed by atoms with Gasteiger partial charge in [-0.15, -0.1) is 0 Å². The molecule has 5 fully saturated rings. The number of benzene rings is 2. The summed E-state index contributed by atoms with van der Waals surface area (Å²) in [6.07, 6.45) is 9.20. The SMILES string of the molecule is O=C1N=C(N2CCOCC2)S/C1=C/c1ccc(F)c(-c2ccc(O)c(C34CC5CC(CC(C5)C3)C4)c2)c1. The van der Waals surface area contributed by atoms with Gasteiger partial charge in [0.15, 0.2) is 5.17 Å². The quantitative estimate of drug-likeness (QED) is 0.508. The highest BCUT2D eigenvalue weighted by Crippen LogP contribution is 2.62. The van der Waals surface area contributed by atoms with E-state index in [4.69, 9.17) is 4.74 Å². The molecule has 2 heterocycles. The summed E-state index contributed by atoms with van der Waals surface area (Å²) in [5, 5.41) is 11.7. The van der Waals surface area contributed by atoms with Gasteiger partial charge >= 0.3 is 0 Å². The number of carbonyl (C=O) groups excluding carboxylic acids is 1. The number of amidine groups is 1. The molecule has 2 aromatic carbocycles. The van der Waals surface area contributed by atoms with Crippen LogP contribution in [0, 0.1) is 23.6 Å². The fraction of sp³-hybridized carbons (Fsp3) is 0.467. The molecular weight excluding hydrogens is 487 g/mol. The van der Waals surface area contributed by atoms with Crippen molar-refractivity contribution in [1.29, 1.82) is 0 Å². The molecule has 0 radical (unpaired) electrons. The number of morpholine rings is 1. The lowest BCUT2D eigenvalue weighted by Gasteiger charge is -2.57. The Morgan fingerprint density at radius 3 is 2.43 bits per heavy atom. The molecule has 0 spiro atoms. The van der Waals surface area contributed by atoms with Crippen molar-refractivity contribution in [2.24, 2.45) is 22.7 Å². The number of carbonyl (C=O) groups is 1. The molecule has 1 amide bonds. The summed E-state index contributed by atoms with van der Waals surface area (Å²) < 4.78 is 20.6. The van der Waals surface area contributed by atoms with Gasteiger partial charge in [0, 0.05) is 24.2 Å². The highest BCUT2D eigenvalue weighted by atomic mass is 32.2. The number of aromatic hydroxyl groups is 1. The van der Waals surface area contributed by atoms with Crippen LogP contribution >= 0.6 is 11.8 Å². The Morgan fingerprint density at radius 1 is 1.03 bits per heavy atom. The minimum absolute atomic E-state index is 0.0189. The van der Waals surface area contributed by atoms with E-state index in [9.17, 15) is 9.90 Å². The number of halogens is 1. The second kappa shape index (κ2) is 8.98. The van der Waals surface area contributed by atoms with Crippen molar-refractivity contribution in [3.05, 3.63) is 58.2 Å². The van der Waals surface area contributed by atoms with Gasteiger partial charge in [0.2, 0.25) is 0 Å². The molecule has 4 aliphatic carbocycles. The largest absolute Gasteiger partial charge is 0.508 e. The van der Waals surface area contributed by atoms with E-state index in [2.05, 4.69) is 9.89 Å². The second-order valence-electron chi connectivity index (χ2n) is 11.6. The first kappa shape index (κ1) is 23.5. The number of aliphatic imine (C=N–C) groups is 1. The van der Waals surface area contributed by atoms with Crippen LogP contribution in [0.15, 0.2) is 46.3 Å². The molecule has 4 bridgehead atoms. The fourth-order valence-electron chi connectivity index (χ4n) is 7.86. The summed E-state index contributed by atoms with van der Waals surface area (Å²) in [6.45, 7) is 2.71. The summed E-state index contributed by atoms with van der Waals surface area (Å²) in [7, 11) is 0. The summed E-state index contributed by atoms with van der Waals surface area (Å²) in [5.41, 5.74) is 3.04. The Bertz CT molecular complexity index is 1290. The Labute approximate surface area is 220 Å². The van der Waals surface area contributed by atoms with Gasteiger partial charge in [-0.2, -0.15) is 4.99 Å². The average molecular weight is 519 g/mol. The molecular formula is C30H31FN2O3S. The van der Waals surface area contributed by atoms with Crippen LogP contribution in [0.5, 0.6) is 5.75 Å². The van der Waals surface area contributed by atoms with Crippen molar-refractivity contribution < 1.29 is 19.0 Å². The van der Waals surface area contributed by atoms with Crippen molar-refractivity contribution >= 4 is 28.9 Å². The molecule has 37 heavy (non-hydrogen) atoms. The summed E-state index contributed by atoms with van der Waals surface area (Å²) >= 11 is 1.37. The first-order chi connectivity index (χ1) is 18.0. The van der Waals surface area contributed by atoms with Gasteiger partial charge in [-0.3, -0.25) is 4.79 Å². The maximum absolute atomic E-state index is 15.1. The zero-order valence-electron chi connectivity index (χ0n) is 20.8. The van der Waals surface area contributed by atoms with Crippen LogP contribution < -0.4 is 0 Å². The standard InChI is InChI=1S/C30H31FN2O3S/c31-25-3-1-18(13-27-28(35)32-29(37-27)33-5-7-36-8-6-33)12-23(25)22-2-4-26(34)24(14-22)30-15-19-9-20(16-30)11-21(10-19)17-30/h1-4,12-14,19-21,34H,5-11,15-17H2/b27-13+. The Hall–Kier alpha value is -2.64. The third-order valence-electron chi connectivity index (χ3n) is 9.10. The van der Waals surface area contributed by atoms with E-state index in [0.29, 0.717) is 34.6 Å². The predicted octanol–water partition coefficient (Wildman–Crippen LogP) is 5.97. The van der Waals surface area contributed by atoms with Crippen LogP contribution in [0.2, 0.25) is 0 Å². The van der Waals surface area contributed by atoms with Gasteiger partial charge in [0.1, 0.15) is 11.6 Å². The average Bonchev–Trinajstić information content (AvgIpc) is 3.25. The lowest BCUT2D eigenvalue weighted by molar-refractivity contribution is -0.113. The molecule has 1 N–H and O–H groups in total. The van der Waals surface area contributed by atoms with E-state index in [1.165, 1.54) is 37.1 Å². The second-order valence-corrected chi connectivity index (χ2v) is 12.6. The lowest BCUT2D eigenvalue weighted by atomic mass is 9.48. The monoisotopic (exact) mass is 518 g/mol. The highest BCUT2D eigenvalue weighted by molar-refractivity contribution is 8.18. The number of phenols is 1. The first-order valence-corrected chi connectivity index (χ1v) is 14.3. The van der Waals surface area contributed by atoms with Crippen LogP contribution in [0.4, 0.5) is 4.39 Å². The summed E-state index contributed by atoms with van der Waals surface area (Å²) in [6, 6.07) is 10.6. The van der Waals surface area contributed by atoms with E-state index in [1.54, 1.807) is 24.3 Å². The summed E-state index contributed by atoms with van der Waals surface area (Å²) in [5.74, 6) is 2.04. The zero-order chi connectivity index (χ0) is 25.1. The molecule has 0 unspecified atom stereocenters. The number of hydrogen-bond donors (Lipinski definition) is 1. The minimum atomic E-state index is -0.306. The van der Waals surface area contributed by atoms with Crippen LogP contribution in [-0.4, -0.2) is 47.4 Å². The number of amides is 1.